The molecule has 0 fully saturated rings. The van der Waals surface area contributed by atoms with E-state index in [0.717, 1.165) is 29.8 Å². The number of hydrogen-bond donors (Lipinski definition) is 1. The maximum atomic E-state index is 6.10. The van der Waals surface area contributed by atoms with Gasteiger partial charge in [-0.2, -0.15) is 0 Å². The molecule has 2 N–H and O–H groups in total. The summed E-state index contributed by atoms with van der Waals surface area (Å²) in [6, 6.07) is 4.18. The van der Waals surface area contributed by atoms with Crippen molar-refractivity contribution >= 4 is 11.3 Å². The van der Waals surface area contributed by atoms with E-state index in [1.165, 1.54) is 10.6 Å². The molecule has 0 aliphatic heterocycles. The Hall–Kier alpha value is -1.26. The number of pyridine rings is 1. The number of thiazole rings is 1. The van der Waals surface area contributed by atoms with E-state index in [-0.39, 0.29) is 6.04 Å². The molecule has 2 aromatic rings. The normalized spacial score (nSPS) is 19.4. The average molecular weight is 231 g/mol. The summed E-state index contributed by atoms with van der Waals surface area (Å²) >= 11 is 1.73. The molecule has 0 bridgehead atoms. The fourth-order valence-electron chi connectivity index (χ4n) is 2.07. The molecule has 0 saturated heterocycles. The smallest absolute Gasteiger partial charge is 0.124 e. The second-order valence-electron chi connectivity index (χ2n) is 4.06. The van der Waals surface area contributed by atoms with Crippen LogP contribution in [0.15, 0.2) is 24.5 Å². The van der Waals surface area contributed by atoms with Crippen LogP contribution in [0.3, 0.4) is 0 Å². The Labute approximate surface area is 98.4 Å². The van der Waals surface area contributed by atoms with Crippen molar-refractivity contribution in [1.29, 1.82) is 0 Å². The topological polar surface area (TPSA) is 51.8 Å². The summed E-state index contributed by atoms with van der Waals surface area (Å²) < 4.78 is 0. The molecular weight excluding hydrogens is 218 g/mol. The van der Waals surface area contributed by atoms with Crippen molar-refractivity contribution in [3.05, 3.63) is 35.1 Å². The number of nitrogens with two attached hydrogens (primary N) is 1. The lowest BCUT2D eigenvalue weighted by molar-refractivity contribution is 0.573. The van der Waals surface area contributed by atoms with Crippen LogP contribution in [0.1, 0.15) is 29.5 Å². The lowest BCUT2D eigenvalue weighted by atomic mass is 9.99. The monoisotopic (exact) mass is 231 g/mol. The van der Waals surface area contributed by atoms with Gasteiger partial charge in [-0.1, -0.05) is 0 Å². The summed E-state index contributed by atoms with van der Waals surface area (Å²) in [5, 5.41) is 1.07. The van der Waals surface area contributed by atoms with Crippen molar-refractivity contribution in [2.45, 2.75) is 25.3 Å². The molecule has 3 rings (SSSR count). The zero-order chi connectivity index (χ0) is 11.0. The standard InChI is InChI=1S/C12H13N3S/c13-9-2-1-3-10-11(9)16-12(15-10)8-4-6-14-7-5-8/h4-7,9H,1-3,13H2. The minimum absolute atomic E-state index is 0.192. The Morgan fingerprint density at radius 2 is 2.12 bits per heavy atom. The lowest BCUT2D eigenvalue weighted by Gasteiger charge is -2.15. The summed E-state index contributed by atoms with van der Waals surface area (Å²) in [5.74, 6) is 0. The van der Waals surface area contributed by atoms with Crippen molar-refractivity contribution in [2.24, 2.45) is 5.73 Å². The Balaban J connectivity index is 2.05. The Morgan fingerprint density at radius 3 is 2.88 bits per heavy atom. The molecular formula is C12H13N3S. The summed E-state index contributed by atoms with van der Waals surface area (Å²) in [6.45, 7) is 0. The zero-order valence-corrected chi connectivity index (χ0v) is 9.70. The number of hydrogen-bond acceptors (Lipinski definition) is 4. The molecule has 3 nitrogen and oxygen atoms in total. The van der Waals surface area contributed by atoms with E-state index in [9.17, 15) is 0 Å². The highest BCUT2D eigenvalue weighted by Crippen LogP contribution is 2.36. The third-order valence-corrected chi connectivity index (χ3v) is 4.20. The molecule has 1 unspecified atom stereocenters. The largest absolute Gasteiger partial charge is 0.323 e. The molecule has 2 heterocycles. The van der Waals surface area contributed by atoms with Crippen LogP contribution in [0.2, 0.25) is 0 Å². The molecule has 16 heavy (non-hydrogen) atoms. The van der Waals surface area contributed by atoms with Crippen LogP contribution in [-0.2, 0) is 6.42 Å². The summed E-state index contributed by atoms with van der Waals surface area (Å²) in [6.07, 6.45) is 6.93. The van der Waals surface area contributed by atoms with Gasteiger partial charge in [-0.25, -0.2) is 4.98 Å². The van der Waals surface area contributed by atoms with E-state index >= 15 is 0 Å². The predicted octanol–water partition coefficient (Wildman–Crippen LogP) is 2.54. The van der Waals surface area contributed by atoms with Gasteiger partial charge in [0.25, 0.3) is 0 Å². The van der Waals surface area contributed by atoms with E-state index in [1.807, 2.05) is 12.1 Å². The number of fused-ring (bicyclic) bond motifs is 1. The van der Waals surface area contributed by atoms with Crippen LogP contribution in [0.4, 0.5) is 0 Å². The lowest BCUT2D eigenvalue weighted by Crippen LogP contribution is -2.15. The molecule has 4 heteroatoms. The molecule has 82 valence electrons. The van der Waals surface area contributed by atoms with Crippen LogP contribution in [0, 0.1) is 0 Å². The Morgan fingerprint density at radius 1 is 1.31 bits per heavy atom. The molecule has 0 radical (unpaired) electrons. The molecule has 1 aliphatic rings. The summed E-state index contributed by atoms with van der Waals surface area (Å²) in [4.78, 5) is 9.98. The number of aryl methyl sites for hydroxylation is 1. The van der Waals surface area contributed by atoms with E-state index in [1.54, 1.807) is 23.7 Å². The highest BCUT2D eigenvalue weighted by atomic mass is 32.1. The number of nitrogens with zero attached hydrogens (tertiary/aromatic N) is 2. The van der Waals surface area contributed by atoms with Crippen molar-refractivity contribution < 1.29 is 0 Å². The first-order valence-corrected chi connectivity index (χ1v) is 6.32. The molecule has 0 amide bonds. The van der Waals surface area contributed by atoms with Crippen molar-refractivity contribution in [3.63, 3.8) is 0 Å². The first-order chi connectivity index (χ1) is 7.84. The van der Waals surface area contributed by atoms with E-state index < -0.39 is 0 Å². The predicted molar refractivity (Wildman–Crippen MR) is 65.2 cm³/mol. The maximum absolute atomic E-state index is 6.10. The Kier molecular flexibility index (Phi) is 2.46. The fourth-order valence-corrected chi connectivity index (χ4v) is 3.22. The van der Waals surface area contributed by atoms with Crippen LogP contribution in [0.5, 0.6) is 0 Å². The summed E-state index contributed by atoms with van der Waals surface area (Å²) in [7, 11) is 0. The second kappa shape index (κ2) is 3.96. The quantitative estimate of drug-likeness (QED) is 0.820. The average Bonchev–Trinajstić information content (AvgIpc) is 2.76. The van der Waals surface area contributed by atoms with Crippen molar-refractivity contribution in [1.82, 2.24) is 9.97 Å². The molecule has 0 spiro atoms. The van der Waals surface area contributed by atoms with Gasteiger partial charge in [-0.15, -0.1) is 11.3 Å². The van der Waals surface area contributed by atoms with E-state index in [0.29, 0.717) is 0 Å². The molecule has 0 saturated carbocycles. The van der Waals surface area contributed by atoms with Crippen molar-refractivity contribution in [3.8, 4) is 10.6 Å². The van der Waals surface area contributed by atoms with E-state index in [2.05, 4.69) is 9.97 Å². The molecule has 2 aromatic heterocycles. The third kappa shape index (κ3) is 1.64. The van der Waals surface area contributed by atoms with Gasteiger partial charge in [-0.05, 0) is 31.4 Å². The minimum atomic E-state index is 0.192. The molecule has 1 atom stereocenters. The SMILES string of the molecule is NC1CCCc2nc(-c3ccncc3)sc21. The van der Waals surface area contributed by atoms with Crippen LogP contribution in [-0.4, -0.2) is 9.97 Å². The van der Waals surface area contributed by atoms with Crippen LogP contribution < -0.4 is 5.73 Å². The molecule has 0 aromatic carbocycles. The zero-order valence-electron chi connectivity index (χ0n) is 8.89. The second-order valence-corrected chi connectivity index (χ2v) is 5.10. The van der Waals surface area contributed by atoms with Gasteiger partial charge >= 0.3 is 0 Å². The minimum Gasteiger partial charge on any atom is -0.323 e. The summed E-state index contributed by atoms with van der Waals surface area (Å²) in [5.41, 5.74) is 8.44. The number of aromatic nitrogens is 2. The van der Waals surface area contributed by atoms with Gasteiger partial charge in [0, 0.05) is 28.9 Å². The van der Waals surface area contributed by atoms with Gasteiger partial charge in [0.1, 0.15) is 5.01 Å². The van der Waals surface area contributed by atoms with Crippen molar-refractivity contribution in [2.75, 3.05) is 0 Å². The highest BCUT2D eigenvalue weighted by Gasteiger charge is 2.21. The first-order valence-electron chi connectivity index (χ1n) is 5.50. The van der Waals surface area contributed by atoms with E-state index in [4.69, 9.17) is 5.73 Å². The number of rotatable bonds is 1. The van der Waals surface area contributed by atoms with Crippen LogP contribution >= 0.6 is 11.3 Å². The Bertz CT molecular complexity index is 492. The van der Waals surface area contributed by atoms with Gasteiger partial charge in [0.05, 0.1) is 5.69 Å². The third-order valence-electron chi connectivity index (χ3n) is 2.92. The van der Waals surface area contributed by atoms with Gasteiger partial charge in [0.2, 0.25) is 0 Å². The van der Waals surface area contributed by atoms with Crippen LogP contribution in [0.25, 0.3) is 10.6 Å². The van der Waals surface area contributed by atoms with Gasteiger partial charge in [-0.3, -0.25) is 4.98 Å². The first kappa shape index (κ1) is 9.93. The maximum Gasteiger partial charge on any atom is 0.124 e. The van der Waals surface area contributed by atoms with Gasteiger partial charge in [0.15, 0.2) is 0 Å². The fraction of sp³-hybridized carbons (Fsp3) is 0.333. The van der Waals surface area contributed by atoms with Gasteiger partial charge < -0.3 is 5.73 Å². The highest BCUT2D eigenvalue weighted by molar-refractivity contribution is 7.15. The molecule has 1 aliphatic carbocycles.